The van der Waals surface area contributed by atoms with Crippen LogP contribution in [-0.4, -0.2) is 13.6 Å². The maximum Gasteiger partial charge on any atom is 0.137 e. The van der Waals surface area contributed by atoms with E-state index < -0.39 is 10.8 Å². The molecule has 0 aliphatic carbocycles. The zero-order valence-electron chi connectivity index (χ0n) is 12.5. The van der Waals surface area contributed by atoms with Crippen LogP contribution in [0.2, 0.25) is 5.02 Å². The fourth-order valence-electron chi connectivity index (χ4n) is 2.38. The Morgan fingerprint density at radius 3 is 2.68 bits per heavy atom. The first-order valence-corrected chi connectivity index (χ1v) is 8.92. The Kier molecular flexibility index (Phi) is 4.32. The Morgan fingerprint density at radius 1 is 1.09 bits per heavy atom. The van der Waals surface area contributed by atoms with Crippen molar-refractivity contribution in [3.8, 4) is 0 Å². The molecule has 2 heterocycles. The van der Waals surface area contributed by atoms with E-state index in [0.717, 1.165) is 16.9 Å². The summed E-state index contributed by atoms with van der Waals surface area (Å²) in [5.74, 6) is 1.00. The number of nitrogens with zero attached hydrogens (tertiary/aromatic N) is 2. The van der Waals surface area contributed by atoms with E-state index >= 15 is 0 Å². The van der Waals surface area contributed by atoms with Crippen LogP contribution >= 0.6 is 11.6 Å². The van der Waals surface area contributed by atoms with Crippen LogP contribution in [0.25, 0.3) is 5.65 Å². The molecule has 0 N–H and O–H groups in total. The van der Waals surface area contributed by atoms with Gasteiger partial charge >= 0.3 is 0 Å². The minimum atomic E-state index is -0.978. The van der Waals surface area contributed by atoms with Crippen molar-refractivity contribution in [2.45, 2.75) is 25.4 Å². The average Bonchev–Trinajstić information content (AvgIpc) is 2.84. The van der Waals surface area contributed by atoms with E-state index in [1.807, 2.05) is 22.7 Å². The lowest BCUT2D eigenvalue weighted by Crippen LogP contribution is -2.00. The van der Waals surface area contributed by atoms with Gasteiger partial charge in [0.05, 0.1) is 16.5 Å². The molecular weight excluding hydrogens is 316 g/mol. The highest BCUT2D eigenvalue weighted by molar-refractivity contribution is 7.83. The second kappa shape index (κ2) is 6.23. The van der Waals surface area contributed by atoms with E-state index in [9.17, 15) is 4.21 Å². The Balaban J connectivity index is 1.73. The van der Waals surface area contributed by atoms with Crippen molar-refractivity contribution >= 4 is 28.0 Å². The molecule has 0 bridgehead atoms. The topological polar surface area (TPSA) is 34.4 Å². The van der Waals surface area contributed by atoms with Crippen molar-refractivity contribution in [3.05, 3.63) is 70.1 Å². The number of hydrogen-bond acceptors (Lipinski definition) is 2. The molecule has 3 nitrogen and oxygen atoms in total. The van der Waals surface area contributed by atoms with Crippen LogP contribution in [-0.2, 0) is 22.3 Å². The van der Waals surface area contributed by atoms with E-state index in [2.05, 4.69) is 31.0 Å². The third kappa shape index (κ3) is 3.39. The number of rotatable bonds is 4. The van der Waals surface area contributed by atoms with E-state index in [4.69, 9.17) is 11.6 Å². The van der Waals surface area contributed by atoms with Gasteiger partial charge in [-0.1, -0.05) is 29.8 Å². The van der Waals surface area contributed by atoms with Crippen LogP contribution in [0.5, 0.6) is 0 Å². The highest BCUT2D eigenvalue weighted by Crippen LogP contribution is 2.15. The summed E-state index contributed by atoms with van der Waals surface area (Å²) in [6.07, 6.45) is 3.69. The van der Waals surface area contributed by atoms with Crippen molar-refractivity contribution in [1.82, 2.24) is 9.38 Å². The predicted molar refractivity (Wildman–Crippen MR) is 91.7 cm³/mol. The molecule has 1 atom stereocenters. The molecule has 3 aromatic rings. The summed E-state index contributed by atoms with van der Waals surface area (Å²) in [6, 6.07) is 9.90. The maximum absolute atomic E-state index is 12.4. The minimum Gasteiger partial charge on any atom is -0.305 e. The summed E-state index contributed by atoms with van der Waals surface area (Å²) in [5, 5.41) is 0.660. The number of fused-ring (bicyclic) bond motifs is 1. The second-order valence-electron chi connectivity index (χ2n) is 5.49. The molecule has 0 aliphatic heterocycles. The lowest BCUT2D eigenvalue weighted by molar-refractivity contribution is 0.681. The fraction of sp³-hybridized carbons (Fsp3) is 0.235. The van der Waals surface area contributed by atoms with Crippen LogP contribution in [0.1, 0.15) is 22.4 Å². The molecule has 0 radical (unpaired) electrons. The average molecular weight is 333 g/mol. The third-order valence-corrected chi connectivity index (χ3v) is 5.17. The van der Waals surface area contributed by atoms with Crippen molar-refractivity contribution in [3.63, 3.8) is 0 Å². The molecule has 0 spiro atoms. The Labute approximate surface area is 137 Å². The number of imidazole rings is 1. The summed E-state index contributed by atoms with van der Waals surface area (Å²) in [5.41, 5.74) is 5.24. The first kappa shape index (κ1) is 15.3. The van der Waals surface area contributed by atoms with Crippen LogP contribution < -0.4 is 0 Å². The van der Waals surface area contributed by atoms with Gasteiger partial charge in [0, 0.05) is 28.9 Å². The first-order chi connectivity index (χ1) is 10.5. The predicted octanol–water partition coefficient (Wildman–Crippen LogP) is 4.05. The SMILES string of the molecule is Cc1ccc(CS(=O)Cc2cn3cc(Cl)ccc3n2)cc1C. The monoisotopic (exact) mass is 332 g/mol. The van der Waals surface area contributed by atoms with Gasteiger partial charge in [-0.3, -0.25) is 4.21 Å². The normalized spacial score (nSPS) is 12.7. The van der Waals surface area contributed by atoms with Gasteiger partial charge in [0.15, 0.2) is 0 Å². The van der Waals surface area contributed by atoms with Crippen LogP contribution in [0.3, 0.4) is 0 Å². The van der Waals surface area contributed by atoms with Crippen molar-refractivity contribution in [2.75, 3.05) is 0 Å². The second-order valence-corrected chi connectivity index (χ2v) is 7.39. The molecule has 5 heteroatoms. The van der Waals surface area contributed by atoms with Gasteiger partial charge in [-0.2, -0.15) is 0 Å². The minimum absolute atomic E-state index is 0.451. The van der Waals surface area contributed by atoms with E-state index in [1.165, 1.54) is 11.1 Å². The van der Waals surface area contributed by atoms with Gasteiger partial charge in [0.25, 0.3) is 0 Å². The summed E-state index contributed by atoms with van der Waals surface area (Å²) in [7, 11) is -0.978. The lowest BCUT2D eigenvalue weighted by atomic mass is 10.1. The maximum atomic E-state index is 12.4. The molecule has 1 aromatic carbocycles. The number of aromatic nitrogens is 2. The van der Waals surface area contributed by atoms with E-state index in [-0.39, 0.29) is 0 Å². The third-order valence-electron chi connectivity index (χ3n) is 3.67. The highest BCUT2D eigenvalue weighted by atomic mass is 35.5. The molecule has 114 valence electrons. The van der Waals surface area contributed by atoms with Crippen LogP contribution in [0.15, 0.2) is 42.7 Å². The molecule has 0 saturated carbocycles. The molecule has 0 amide bonds. The number of benzene rings is 1. The van der Waals surface area contributed by atoms with Gasteiger partial charge in [-0.15, -0.1) is 0 Å². The van der Waals surface area contributed by atoms with Gasteiger partial charge in [-0.05, 0) is 42.7 Å². The lowest BCUT2D eigenvalue weighted by Gasteiger charge is -2.04. The smallest absolute Gasteiger partial charge is 0.137 e. The molecule has 0 saturated heterocycles. The van der Waals surface area contributed by atoms with Gasteiger partial charge in [0.2, 0.25) is 0 Å². The zero-order valence-corrected chi connectivity index (χ0v) is 14.1. The Hall–Kier alpha value is -1.65. The number of halogens is 1. The van der Waals surface area contributed by atoms with Crippen LogP contribution in [0.4, 0.5) is 0 Å². The highest BCUT2D eigenvalue weighted by Gasteiger charge is 2.08. The summed E-state index contributed by atoms with van der Waals surface area (Å²) in [6.45, 7) is 4.16. The number of hydrogen-bond donors (Lipinski definition) is 0. The summed E-state index contributed by atoms with van der Waals surface area (Å²) in [4.78, 5) is 4.48. The summed E-state index contributed by atoms with van der Waals surface area (Å²) < 4.78 is 14.2. The Morgan fingerprint density at radius 2 is 1.91 bits per heavy atom. The first-order valence-electron chi connectivity index (χ1n) is 7.05. The largest absolute Gasteiger partial charge is 0.305 e. The zero-order chi connectivity index (χ0) is 15.7. The van der Waals surface area contributed by atoms with E-state index in [0.29, 0.717) is 16.5 Å². The van der Waals surface area contributed by atoms with Crippen LogP contribution in [0, 0.1) is 13.8 Å². The number of aryl methyl sites for hydroxylation is 2. The molecule has 0 aliphatic rings. The van der Waals surface area contributed by atoms with Crippen molar-refractivity contribution < 1.29 is 4.21 Å². The van der Waals surface area contributed by atoms with Crippen molar-refractivity contribution in [1.29, 1.82) is 0 Å². The molecule has 3 rings (SSSR count). The standard InChI is InChI=1S/C17H17ClN2OS/c1-12-3-4-14(7-13(12)2)10-22(21)11-16-9-20-8-15(18)5-6-17(20)19-16/h3-9H,10-11H2,1-2H3. The van der Waals surface area contributed by atoms with Gasteiger partial charge < -0.3 is 4.40 Å². The quantitative estimate of drug-likeness (QED) is 0.722. The van der Waals surface area contributed by atoms with Crippen molar-refractivity contribution in [2.24, 2.45) is 0 Å². The molecule has 0 fully saturated rings. The van der Waals surface area contributed by atoms with Gasteiger partial charge in [-0.25, -0.2) is 4.98 Å². The summed E-state index contributed by atoms with van der Waals surface area (Å²) >= 11 is 5.96. The van der Waals surface area contributed by atoms with E-state index in [1.54, 1.807) is 12.3 Å². The Bertz CT molecular complexity index is 857. The molecule has 1 unspecified atom stereocenters. The molecular formula is C17H17ClN2OS. The molecule has 22 heavy (non-hydrogen) atoms. The fourth-order valence-corrected chi connectivity index (χ4v) is 3.67. The van der Waals surface area contributed by atoms with Gasteiger partial charge in [0.1, 0.15) is 5.65 Å². The molecule has 2 aromatic heterocycles. The number of pyridine rings is 1.